The summed E-state index contributed by atoms with van der Waals surface area (Å²) in [5.41, 5.74) is 2.43. The zero-order valence-electron chi connectivity index (χ0n) is 11.5. The molecule has 2 heteroatoms. The van der Waals surface area contributed by atoms with Gasteiger partial charge in [0.25, 0.3) is 0 Å². The van der Waals surface area contributed by atoms with E-state index >= 15 is 0 Å². The molecule has 18 heavy (non-hydrogen) atoms. The van der Waals surface area contributed by atoms with Gasteiger partial charge in [0.1, 0.15) is 11.9 Å². The third-order valence-corrected chi connectivity index (χ3v) is 3.65. The van der Waals surface area contributed by atoms with Crippen molar-refractivity contribution in [1.82, 2.24) is 0 Å². The molecule has 1 fully saturated rings. The number of aliphatic hydroxyl groups is 1. The second-order valence-corrected chi connectivity index (χ2v) is 5.54. The van der Waals surface area contributed by atoms with E-state index < -0.39 is 0 Å². The highest BCUT2D eigenvalue weighted by Crippen LogP contribution is 2.24. The first-order chi connectivity index (χ1) is 8.65. The maximum atomic E-state index is 10.1. The number of benzene rings is 1. The fourth-order valence-electron chi connectivity index (χ4n) is 2.74. The Labute approximate surface area is 110 Å². The van der Waals surface area contributed by atoms with Gasteiger partial charge in [0.05, 0.1) is 6.10 Å². The highest BCUT2D eigenvalue weighted by molar-refractivity contribution is 5.33. The first kappa shape index (κ1) is 13.4. The number of ether oxygens (including phenoxy) is 1. The van der Waals surface area contributed by atoms with Crippen molar-refractivity contribution in [2.24, 2.45) is 0 Å². The van der Waals surface area contributed by atoms with Crippen molar-refractivity contribution >= 4 is 0 Å². The maximum absolute atomic E-state index is 10.1. The molecular weight excluding hydrogens is 224 g/mol. The Morgan fingerprint density at radius 2 is 1.56 bits per heavy atom. The molecule has 0 heterocycles. The molecule has 0 saturated heterocycles. The van der Waals surface area contributed by atoms with Gasteiger partial charge in [0.2, 0.25) is 0 Å². The first-order valence-corrected chi connectivity index (χ1v) is 7.08. The second kappa shape index (κ2) is 6.24. The van der Waals surface area contributed by atoms with E-state index in [9.17, 15) is 5.11 Å². The van der Waals surface area contributed by atoms with Crippen LogP contribution in [-0.4, -0.2) is 17.3 Å². The van der Waals surface area contributed by atoms with Crippen LogP contribution in [0.25, 0.3) is 0 Å². The SMILES string of the molecule is Cc1cc(C)cc(OC2CCCCCCC2O)c1. The van der Waals surface area contributed by atoms with E-state index in [4.69, 9.17) is 4.74 Å². The molecule has 1 aliphatic carbocycles. The minimum atomic E-state index is -0.314. The predicted octanol–water partition coefficient (Wildman–Crippen LogP) is 3.77. The van der Waals surface area contributed by atoms with Crippen molar-refractivity contribution in [3.63, 3.8) is 0 Å². The topological polar surface area (TPSA) is 29.5 Å². The molecule has 0 bridgehead atoms. The molecular formula is C16H24O2. The molecule has 2 nitrogen and oxygen atoms in total. The molecule has 0 spiro atoms. The van der Waals surface area contributed by atoms with Crippen molar-refractivity contribution in [1.29, 1.82) is 0 Å². The van der Waals surface area contributed by atoms with E-state index in [1.54, 1.807) is 0 Å². The molecule has 2 unspecified atom stereocenters. The number of hydrogen-bond acceptors (Lipinski definition) is 2. The molecule has 0 aromatic heterocycles. The van der Waals surface area contributed by atoms with Gasteiger partial charge in [0.15, 0.2) is 0 Å². The number of hydrogen-bond donors (Lipinski definition) is 1. The molecule has 0 aliphatic heterocycles. The van der Waals surface area contributed by atoms with Crippen molar-refractivity contribution < 1.29 is 9.84 Å². The van der Waals surface area contributed by atoms with Gasteiger partial charge < -0.3 is 9.84 Å². The Balaban J connectivity index is 2.05. The lowest BCUT2D eigenvalue weighted by Gasteiger charge is -2.26. The summed E-state index contributed by atoms with van der Waals surface area (Å²) >= 11 is 0. The summed E-state index contributed by atoms with van der Waals surface area (Å²) < 4.78 is 6.01. The van der Waals surface area contributed by atoms with Crippen LogP contribution in [-0.2, 0) is 0 Å². The van der Waals surface area contributed by atoms with Crippen molar-refractivity contribution in [3.8, 4) is 5.75 Å². The van der Waals surface area contributed by atoms with E-state index in [0.29, 0.717) is 0 Å². The molecule has 2 atom stereocenters. The minimum Gasteiger partial charge on any atom is -0.488 e. The summed E-state index contributed by atoms with van der Waals surface area (Å²) in [7, 11) is 0. The van der Waals surface area contributed by atoms with Crippen LogP contribution in [0.15, 0.2) is 18.2 Å². The maximum Gasteiger partial charge on any atom is 0.124 e. The van der Waals surface area contributed by atoms with Gasteiger partial charge in [-0.05, 0) is 56.4 Å². The summed E-state index contributed by atoms with van der Waals surface area (Å²) in [6.07, 6.45) is 6.27. The van der Waals surface area contributed by atoms with E-state index in [1.807, 2.05) is 0 Å². The average Bonchev–Trinajstić information content (AvgIpc) is 2.28. The minimum absolute atomic E-state index is 0.0356. The number of aliphatic hydroxyl groups excluding tert-OH is 1. The fourth-order valence-corrected chi connectivity index (χ4v) is 2.74. The second-order valence-electron chi connectivity index (χ2n) is 5.54. The van der Waals surface area contributed by atoms with E-state index in [0.717, 1.165) is 31.4 Å². The Morgan fingerprint density at radius 3 is 2.22 bits per heavy atom. The van der Waals surface area contributed by atoms with Crippen molar-refractivity contribution in [2.75, 3.05) is 0 Å². The molecule has 2 rings (SSSR count). The lowest BCUT2D eigenvalue weighted by Crippen LogP contribution is -2.32. The quantitative estimate of drug-likeness (QED) is 0.863. The zero-order valence-corrected chi connectivity index (χ0v) is 11.5. The Bertz CT molecular complexity index is 366. The third-order valence-electron chi connectivity index (χ3n) is 3.65. The van der Waals surface area contributed by atoms with E-state index in [2.05, 4.69) is 32.0 Å². The summed E-state index contributed by atoms with van der Waals surface area (Å²) in [5, 5.41) is 10.1. The molecule has 100 valence electrons. The van der Waals surface area contributed by atoms with Gasteiger partial charge in [-0.15, -0.1) is 0 Å². The number of rotatable bonds is 2. The van der Waals surface area contributed by atoms with Gasteiger partial charge >= 0.3 is 0 Å². The normalized spacial score (nSPS) is 25.3. The molecule has 0 amide bonds. The molecule has 1 saturated carbocycles. The summed E-state index contributed by atoms with van der Waals surface area (Å²) in [4.78, 5) is 0. The van der Waals surface area contributed by atoms with Crippen molar-refractivity contribution in [2.45, 2.75) is 64.6 Å². The van der Waals surface area contributed by atoms with E-state index in [-0.39, 0.29) is 12.2 Å². The van der Waals surface area contributed by atoms with Gasteiger partial charge in [-0.3, -0.25) is 0 Å². The summed E-state index contributed by atoms with van der Waals surface area (Å²) in [5.74, 6) is 0.900. The van der Waals surface area contributed by atoms with E-state index in [1.165, 1.54) is 24.0 Å². The first-order valence-electron chi connectivity index (χ1n) is 7.08. The van der Waals surface area contributed by atoms with Crippen LogP contribution in [0.1, 0.15) is 49.7 Å². The number of aryl methyl sites for hydroxylation is 2. The lowest BCUT2D eigenvalue weighted by molar-refractivity contribution is 0.0187. The molecule has 1 aromatic carbocycles. The van der Waals surface area contributed by atoms with Gasteiger partial charge in [-0.25, -0.2) is 0 Å². The Kier molecular flexibility index (Phi) is 4.65. The largest absolute Gasteiger partial charge is 0.488 e. The van der Waals surface area contributed by atoms with Gasteiger partial charge in [-0.1, -0.05) is 25.3 Å². The van der Waals surface area contributed by atoms with Crippen LogP contribution >= 0.6 is 0 Å². The standard InChI is InChI=1S/C16H24O2/c1-12-9-13(2)11-14(10-12)18-16-8-6-4-3-5-7-15(16)17/h9-11,15-17H,3-8H2,1-2H3. The zero-order chi connectivity index (χ0) is 13.0. The third kappa shape index (κ3) is 3.74. The van der Waals surface area contributed by atoms with Gasteiger partial charge in [0, 0.05) is 0 Å². The van der Waals surface area contributed by atoms with Gasteiger partial charge in [-0.2, -0.15) is 0 Å². The summed E-state index contributed by atoms with van der Waals surface area (Å²) in [6.45, 7) is 4.16. The highest BCUT2D eigenvalue weighted by Gasteiger charge is 2.22. The van der Waals surface area contributed by atoms with Crippen LogP contribution in [0.3, 0.4) is 0 Å². The smallest absolute Gasteiger partial charge is 0.124 e. The fraction of sp³-hybridized carbons (Fsp3) is 0.625. The predicted molar refractivity (Wildman–Crippen MR) is 74.0 cm³/mol. The Morgan fingerprint density at radius 1 is 0.944 bits per heavy atom. The molecule has 1 N–H and O–H groups in total. The molecule has 0 radical (unpaired) electrons. The average molecular weight is 248 g/mol. The van der Waals surface area contributed by atoms with Crippen LogP contribution in [0.5, 0.6) is 5.75 Å². The molecule has 1 aromatic rings. The van der Waals surface area contributed by atoms with Crippen LogP contribution in [0, 0.1) is 13.8 Å². The van der Waals surface area contributed by atoms with Crippen LogP contribution in [0.2, 0.25) is 0 Å². The lowest BCUT2D eigenvalue weighted by atomic mass is 9.96. The van der Waals surface area contributed by atoms with Crippen LogP contribution < -0.4 is 4.74 Å². The Hall–Kier alpha value is -1.02. The highest BCUT2D eigenvalue weighted by atomic mass is 16.5. The summed E-state index contributed by atoms with van der Waals surface area (Å²) in [6, 6.07) is 6.25. The molecule has 1 aliphatic rings. The van der Waals surface area contributed by atoms with Crippen molar-refractivity contribution in [3.05, 3.63) is 29.3 Å². The van der Waals surface area contributed by atoms with Crippen LogP contribution in [0.4, 0.5) is 0 Å². The monoisotopic (exact) mass is 248 g/mol.